The SMILES string of the molecule is CC[C@H](Oc1ccc(C)c(C)c1)C(=O)N[C@@H]1CC(CC)(CC)Oc2ccccc21. The molecule has 0 aliphatic carbocycles. The van der Waals surface area contributed by atoms with Crippen molar-refractivity contribution in [1.29, 1.82) is 0 Å². The molecular weight excluding hydrogens is 362 g/mol. The van der Waals surface area contributed by atoms with Gasteiger partial charge in [-0.05, 0) is 62.4 Å². The summed E-state index contributed by atoms with van der Waals surface area (Å²) in [6.07, 6.45) is 2.66. The van der Waals surface area contributed by atoms with Crippen LogP contribution in [-0.2, 0) is 4.79 Å². The average molecular weight is 396 g/mol. The minimum Gasteiger partial charge on any atom is -0.487 e. The second kappa shape index (κ2) is 8.89. The number of para-hydroxylation sites is 1. The van der Waals surface area contributed by atoms with E-state index in [4.69, 9.17) is 9.47 Å². The lowest BCUT2D eigenvalue weighted by atomic mass is 9.83. The number of carbonyl (C=O) groups is 1. The van der Waals surface area contributed by atoms with Crippen LogP contribution >= 0.6 is 0 Å². The zero-order chi connectivity index (χ0) is 21.0. The lowest BCUT2D eigenvalue weighted by molar-refractivity contribution is -0.129. The molecule has 2 aromatic carbocycles. The first-order valence-corrected chi connectivity index (χ1v) is 10.7. The summed E-state index contributed by atoms with van der Waals surface area (Å²) in [6.45, 7) is 10.4. The van der Waals surface area contributed by atoms with Crippen molar-refractivity contribution in [2.24, 2.45) is 0 Å². The zero-order valence-electron chi connectivity index (χ0n) is 18.2. The van der Waals surface area contributed by atoms with Crippen LogP contribution in [0.25, 0.3) is 0 Å². The number of ether oxygens (including phenoxy) is 2. The van der Waals surface area contributed by atoms with Crippen molar-refractivity contribution in [1.82, 2.24) is 5.32 Å². The molecule has 0 saturated heterocycles. The van der Waals surface area contributed by atoms with Gasteiger partial charge >= 0.3 is 0 Å². The standard InChI is InChI=1S/C25H33NO3/c1-6-22(28-19-14-13-17(4)18(5)15-19)24(27)26-21-16-25(7-2,8-3)29-23-12-10-9-11-20(21)23/h9-15,21-22H,6-8,16H2,1-5H3,(H,26,27)/t21-,22+/m1/s1. The first-order valence-electron chi connectivity index (χ1n) is 10.7. The number of fused-ring (bicyclic) bond motifs is 1. The largest absolute Gasteiger partial charge is 0.487 e. The van der Waals surface area contributed by atoms with Crippen molar-refractivity contribution in [3.63, 3.8) is 0 Å². The number of hydrogen-bond donors (Lipinski definition) is 1. The Morgan fingerprint density at radius 1 is 1.14 bits per heavy atom. The second-order valence-electron chi connectivity index (χ2n) is 8.06. The molecular formula is C25H33NO3. The quantitative estimate of drug-likeness (QED) is 0.658. The van der Waals surface area contributed by atoms with E-state index in [0.29, 0.717) is 6.42 Å². The number of hydrogen-bond acceptors (Lipinski definition) is 3. The molecule has 1 aliphatic rings. The van der Waals surface area contributed by atoms with Crippen LogP contribution < -0.4 is 14.8 Å². The number of amides is 1. The monoisotopic (exact) mass is 395 g/mol. The van der Waals surface area contributed by atoms with Crippen molar-refractivity contribution < 1.29 is 14.3 Å². The van der Waals surface area contributed by atoms with E-state index in [9.17, 15) is 4.79 Å². The van der Waals surface area contributed by atoms with Crippen molar-refractivity contribution in [2.75, 3.05) is 0 Å². The Morgan fingerprint density at radius 2 is 1.86 bits per heavy atom. The topological polar surface area (TPSA) is 47.6 Å². The van der Waals surface area contributed by atoms with Gasteiger partial charge in [-0.1, -0.05) is 45.0 Å². The Balaban J connectivity index is 1.79. The average Bonchev–Trinajstić information content (AvgIpc) is 2.74. The van der Waals surface area contributed by atoms with Crippen molar-refractivity contribution in [3.8, 4) is 11.5 Å². The summed E-state index contributed by atoms with van der Waals surface area (Å²) in [7, 11) is 0. The lowest BCUT2D eigenvalue weighted by Crippen LogP contribution is -2.47. The molecule has 0 radical (unpaired) electrons. The molecule has 1 aliphatic heterocycles. The molecule has 0 bridgehead atoms. The fraction of sp³-hybridized carbons (Fsp3) is 0.480. The predicted molar refractivity (Wildman–Crippen MR) is 117 cm³/mol. The summed E-state index contributed by atoms with van der Waals surface area (Å²) in [4.78, 5) is 13.1. The van der Waals surface area contributed by atoms with E-state index < -0.39 is 6.10 Å². The third kappa shape index (κ3) is 4.58. The highest BCUT2D eigenvalue weighted by Gasteiger charge is 2.39. The van der Waals surface area contributed by atoms with Crippen LogP contribution in [-0.4, -0.2) is 17.6 Å². The van der Waals surface area contributed by atoms with Crippen LogP contribution in [0.5, 0.6) is 11.5 Å². The molecule has 0 saturated carbocycles. The van der Waals surface area contributed by atoms with Gasteiger partial charge in [-0.25, -0.2) is 0 Å². The zero-order valence-corrected chi connectivity index (χ0v) is 18.2. The van der Waals surface area contributed by atoms with Crippen LogP contribution in [0.2, 0.25) is 0 Å². The third-order valence-electron chi connectivity index (χ3n) is 6.22. The molecule has 1 amide bonds. The molecule has 4 heteroatoms. The Bertz CT molecular complexity index is 857. The smallest absolute Gasteiger partial charge is 0.261 e. The molecule has 29 heavy (non-hydrogen) atoms. The maximum atomic E-state index is 13.1. The minimum absolute atomic E-state index is 0.0754. The van der Waals surface area contributed by atoms with Gasteiger partial charge in [-0.15, -0.1) is 0 Å². The number of nitrogens with one attached hydrogen (secondary N) is 1. The first-order chi connectivity index (χ1) is 13.9. The summed E-state index contributed by atoms with van der Waals surface area (Å²) < 4.78 is 12.4. The highest BCUT2D eigenvalue weighted by Crippen LogP contribution is 2.42. The van der Waals surface area contributed by atoms with Gasteiger partial charge in [0.1, 0.15) is 17.1 Å². The normalized spacial score (nSPS) is 18.3. The van der Waals surface area contributed by atoms with E-state index in [1.807, 2.05) is 49.4 Å². The molecule has 0 fully saturated rings. The Labute approximate surface area is 174 Å². The Kier molecular flexibility index (Phi) is 6.51. The predicted octanol–water partition coefficient (Wildman–Crippen LogP) is 5.66. The lowest BCUT2D eigenvalue weighted by Gasteiger charge is -2.42. The van der Waals surface area contributed by atoms with Gasteiger partial charge in [0.05, 0.1) is 6.04 Å². The molecule has 2 aromatic rings. The van der Waals surface area contributed by atoms with Gasteiger partial charge in [-0.2, -0.15) is 0 Å². The van der Waals surface area contributed by atoms with Gasteiger partial charge in [0.15, 0.2) is 6.10 Å². The van der Waals surface area contributed by atoms with Gasteiger partial charge in [0.25, 0.3) is 5.91 Å². The fourth-order valence-electron chi connectivity index (χ4n) is 3.97. The molecule has 2 atom stereocenters. The minimum atomic E-state index is -0.523. The van der Waals surface area contributed by atoms with Gasteiger partial charge in [-0.3, -0.25) is 4.79 Å². The fourth-order valence-corrected chi connectivity index (χ4v) is 3.97. The molecule has 1 N–H and O–H groups in total. The Morgan fingerprint density at radius 3 is 2.52 bits per heavy atom. The number of rotatable bonds is 7. The summed E-state index contributed by atoms with van der Waals surface area (Å²) >= 11 is 0. The van der Waals surface area contributed by atoms with Gasteiger partial charge < -0.3 is 14.8 Å². The van der Waals surface area contributed by atoms with Crippen molar-refractivity contribution in [3.05, 3.63) is 59.2 Å². The van der Waals surface area contributed by atoms with Gasteiger partial charge in [0, 0.05) is 12.0 Å². The summed E-state index contributed by atoms with van der Waals surface area (Å²) in [5.74, 6) is 1.53. The number of aryl methyl sites for hydroxylation is 2. The van der Waals surface area contributed by atoms with E-state index in [1.165, 1.54) is 5.56 Å². The molecule has 4 nitrogen and oxygen atoms in total. The summed E-state index contributed by atoms with van der Waals surface area (Å²) in [5.41, 5.74) is 3.17. The molecule has 156 valence electrons. The van der Waals surface area contributed by atoms with E-state index in [-0.39, 0.29) is 17.6 Å². The molecule has 0 spiro atoms. The third-order valence-corrected chi connectivity index (χ3v) is 6.22. The van der Waals surface area contributed by atoms with Crippen LogP contribution in [0.15, 0.2) is 42.5 Å². The Hall–Kier alpha value is -2.49. The maximum Gasteiger partial charge on any atom is 0.261 e. The highest BCUT2D eigenvalue weighted by molar-refractivity contribution is 5.81. The van der Waals surface area contributed by atoms with Crippen LogP contribution in [0, 0.1) is 13.8 Å². The molecule has 0 unspecified atom stereocenters. The summed E-state index contributed by atoms with van der Waals surface area (Å²) in [6, 6.07) is 13.9. The van der Waals surface area contributed by atoms with Crippen LogP contribution in [0.1, 0.15) is 69.2 Å². The van der Waals surface area contributed by atoms with Gasteiger partial charge in [0.2, 0.25) is 0 Å². The van der Waals surface area contributed by atoms with E-state index in [1.54, 1.807) is 0 Å². The van der Waals surface area contributed by atoms with E-state index in [0.717, 1.165) is 41.9 Å². The van der Waals surface area contributed by atoms with Crippen molar-refractivity contribution >= 4 is 5.91 Å². The van der Waals surface area contributed by atoms with E-state index >= 15 is 0 Å². The first kappa shape index (κ1) is 21.2. The van der Waals surface area contributed by atoms with Crippen LogP contribution in [0.3, 0.4) is 0 Å². The van der Waals surface area contributed by atoms with Crippen molar-refractivity contribution in [2.45, 2.75) is 78.0 Å². The summed E-state index contributed by atoms with van der Waals surface area (Å²) in [5, 5.41) is 3.25. The number of carbonyl (C=O) groups excluding carboxylic acids is 1. The van der Waals surface area contributed by atoms with E-state index in [2.05, 4.69) is 33.0 Å². The van der Waals surface area contributed by atoms with Crippen LogP contribution in [0.4, 0.5) is 0 Å². The molecule has 3 rings (SSSR count). The highest BCUT2D eigenvalue weighted by atomic mass is 16.5. The molecule has 0 aromatic heterocycles. The number of benzene rings is 2. The second-order valence-corrected chi connectivity index (χ2v) is 8.06. The maximum absolute atomic E-state index is 13.1. The molecule has 1 heterocycles.